The van der Waals surface area contributed by atoms with Gasteiger partial charge in [-0.3, -0.25) is 28.8 Å². The summed E-state index contributed by atoms with van der Waals surface area (Å²) in [5, 5.41) is 0. The average Bonchev–Trinajstić information content (AvgIpc) is 3.33. The smallest absolute Gasteiger partial charge is 0.313 e. The SMILES string of the molecule is CCCC(CC(CC(C)(CC(CC(C)(CC(CC)C(=O)OCCC[Si](C)(C)OC)C(=O)OCCCSC)C(=O)OCCC(F)(F)C(C)(F)F)C(=O)OCCCSC)C(=O)OCCC(F)(F)C(C)(F)F)C(=O)OCCC[Si](C)(C)C. The Hall–Kier alpha value is -2.65. The molecule has 0 bridgehead atoms. The normalized spacial score (nSPS) is 15.9. The molecule has 0 aliphatic heterocycles. The summed E-state index contributed by atoms with van der Waals surface area (Å²) in [6.45, 7) is 13.8. The van der Waals surface area contributed by atoms with Crippen LogP contribution in [0.1, 0.15) is 131 Å². The second kappa shape index (κ2) is 35.5. The van der Waals surface area contributed by atoms with Crippen molar-refractivity contribution in [2.24, 2.45) is 34.5 Å². The number of carbonyl (C=O) groups excluding carboxylic acids is 6. The largest absolute Gasteiger partial charge is 0.465 e. The Kier molecular flexibility index (Phi) is 34.3. The maximum Gasteiger partial charge on any atom is 0.313 e. The predicted molar refractivity (Wildman–Crippen MR) is 297 cm³/mol. The molecule has 0 spiro atoms. The van der Waals surface area contributed by atoms with Gasteiger partial charge in [0.2, 0.25) is 0 Å². The Morgan fingerprint density at radius 1 is 0.481 bits per heavy atom. The van der Waals surface area contributed by atoms with Gasteiger partial charge in [-0.2, -0.15) is 41.1 Å². The lowest BCUT2D eigenvalue weighted by Crippen LogP contribution is -2.43. The Bertz CT molecular complexity index is 1860. The van der Waals surface area contributed by atoms with Crippen LogP contribution in [0.2, 0.25) is 44.8 Å². The summed E-state index contributed by atoms with van der Waals surface area (Å²) in [6, 6.07) is 1.48. The van der Waals surface area contributed by atoms with Crippen molar-refractivity contribution in [3.05, 3.63) is 0 Å². The fourth-order valence-electron chi connectivity index (χ4n) is 8.70. The molecule has 0 heterocycles. The van der Waals surface area contributed by atoms with Crippen LogP contribution in [0.3, 0.4) is 0 Å². The van der Waals surface area contributed by atoms with Gasteiger partial charge < -0.3 is 32.8 Å². The highest BCUT2D eigenvalue weighted by molar-refractivity contribution is 7.98. The van der Waals surface area contributed by atoms with E-state index in [9.17, 15) is 63.9 Å². The molecule has 0 aliphatic carbocycles. The van der Waals surface area contributed by atoms with Gasteiger partial charge in [-0.05, 0) is 128 Å². The van der Waals surface area contributed by atoms with E-state index in [4.69, 9.17) is 32.8 Å². The summed E-state index contributed by atoms with van der Waals surface area (Å²) in [6.07, 6.45) is -0.0749. The van der Waals surface area contributed by atoms with Crippen LogP contribution in [-0.4, -0.2) is 147 Å². The van der Waals surface area contributed by atoms with E-state index in [0.29, 0.717) is 49.7 Å². The fraction of sp³-hybridized carbons (Fsp3) is 0.889. The summed E-state index contributed by atoms with van der Waals surface area (Å²) < 4.78 is 153. The van der Waals surface area contributed by atoms with Gasteiger partial charge in [-0.1, -0.05) is 46.0 Å². The van der Waals surface area contributed by atoms with Crippen LogP contribution in [0, 0.1) is 34.5 Å². The van der Waals surface area contributed by atoms with Crippen LogP contribution in [0.4, 0.5) is 35.1 Å². The standard InChI is InChI=1S/C54H94F8O13S2Si2/c1-15-21-40(44(64)71-26-19-32-78(10,11)12)34-41(45(65)72-28-22-53(59,60)51(5,55)56)36-50(4,48(68)75-25-18-31-77-9)38-42(46(66)73-29-23-54(61,62)52(6,57)58)37-49(3,47(67)74-24-17-30-76-8)35-39(16-2)43(63)70-27-20-33-79(13,14)69-7/h39-42H,15-38H2,1-14H3. The van der Waals surface area contributed by atoms with Crippen LogP contribution in [-0.2, 0) is 61.6 Å². The Morgan fingerprint density at radius 3 is 1.22 bits per heavy atom. The number of thioether (sulfide) groups is 2. The van der Waals surface area contributed by atoms with E-state index in [2.05, 4.69) is 19.6 Å². The third-order valence-corrected chi connectivity index (χ3v) is 19.8. The molecule has 0 saturated carbocycles. The zero-order valence-corrected chi connectivity index (χ0v) is 53.1. The van der Waals surface area contributed by atoms with Crippen molar-refractivity contribution in [3.63, 3.8) is 0 Å². The number of alkyl halides is 8. The molecule has 0 aromatic heterocycles. The van der Waals surface area contributed by atoms with E-state index in [-0.39, 0.29) is 59.5 Å². The van der Waals surface area contributed by atoms with Gasteiger partial charge in [0, 0.05) is 29.0 Å². The van der Waals surface area contributed by atoms with E-state index in [1.807, 2.05) is 19.3 Å². The summed E-state index contributed by atoms with van der Waals surface area (Å²) in [5.41, 5.74) is -3.93. The number of carbonyl (C=O) groups is 6. The number of halogens is 8. The van der Waals surface area contributed by atoms with E-state index >= 15 is 0 Å². The zero-order valence-electron chi connectivity index (χ0n) is 49.4. The first-order chi connectivity index (χ1) is 36.3. The number of hydrogen-bond donors (Lipinski definition) is 0. The molecule has 79 heavy (non-hydrogen) atoms. The van der Waals surface area contributed by atoms with Gasteiger partial charge in [0.1, 0.15) is 0 Å². The van der Waals surface area contributed by atoms with E-state index < -0.39 is 162 Å². The minimum atomic E-state index is -4.65. The number of rotatable bonds is 44. The number of esters is 6. The molecule has 0 saturated heterocycles. The van der Waals surface area contributed by atoms with Crippen LogP contribution in [0.5, 0.6) is 0 Å². The molecule has 464 valence electrons. The summed E-state index contributed by atoms with van der Waals surface area (Å²) in [5.74, 6) is -28.6. The first kappa shape index (κ1) is 76.4. The van der Waals surface area contributed by atoms with Crippen molar-refractivity contribution in [3.8, 4) is 0 Å². The number of ether oxygens (including phenoxy) is 6. The molecule has 0 N–H and O–H groups in total. The van der Waals surface area contributed by atoms with E-state index in [1.165, 1.54) is 37.4 Å². The van der Waals surface area contributed by atoms with Gasteiger partial charge in [0.05, 0.1) is 87.0 Å². The van der Waals surface area contributed by atoms with Gasteiger partial charge in [0.25, 0.3) is 0 Å². The van der Waals surface area contributed by atoms with Crippen molar-refractivity contribution < 1.29 is 96.7 Å². The molecular weight excluding hydrogens is 1130 g/mol. The molecule has 0 rings (SSSR count). The lowest BCUT2D eigenvalue weighted by atomic mass is 9.67. The average molecular weight is 1220 g/mol. The second-order valence-electron chi connectivity index (χ2n) is 23.2. The first-order valence-electron chi connectivity index (χ1n) is 27.4. The summed E-state index contributed by atoms with van der Waals surface area (Å²) >= 11 is 2.90. The molecule has 0 aromatic rings. The molecule has 6 unspecified atom stereocenters. The lowest BCUT2D eigenvalue weighted by molar-refractivity contribution is -0.207. The molecule has 25 heteroatoms. The molecular formula is C54H94F8O13S2Si2. The minimum Gasteiger partial charge on any atom is -0.465 e. The highest BCUT2D eigenvalue weighted by atomic mass is 32.2. The summed E-state index contributed by atoms with van der Waals surface area (Å²) in [4.78, 5) is 85.7. The second-order valence-corrected chi connectivity index (χ2v) is 35.2. The molecule has 0 amide bonds. The Balaban J connectivity index is 8.08. The van der Waals surface area contributed by atoms with E-state index in [1.54, 1.807) is 27.2 Å². The fourth-order valence-corrected chi connectivity index (χ4v) is 11.9. The van der Waals surface area contributed by atoms with Gasteiger partial charge >= 0.3 is 59.5 Å². The van der Waals surface area contributed by atoms with Crippen molar-refractivity contribution in [2.75, 3.05) is 70.8 Å². The van der Waals surface area contributed by atoms with E-state index in [0.717, 1.165) is 6.04 Å². The maximum atomic E-state index is 14.7. The lowest BCUT2D eigenvalue weighted by Gasteiger charge is -2.37. The molecule has 6 atom stereocenters. The number of hydrogen-bond acceptors (Lipinski definition) is 15. The van der Waals surface area contributed by atoms with Crippen LogP contribution in [0.25, 0.3) is 0 Å². The third kappa shape index (κ3) is 29.4. The third-order valence-electron chi connectivity index (χ3n) is 13.9. The monoisotopic (exact) mass is 1220 g/mol. The first-order valence-corrected chi connectivity index (χ1v) is 37.0. The van der Waals surface area contributed by atoms with Crippen LogP contribution in [0.15, 0.2) is 0 Å². The zero-order chi connectivity index (χ0) is 61.1. The highest BCUT2D eigenvalue weighted by Gasteiger charge is 2.54. The quantitative estimate of drug-likeness (QED) is 0.0186. The Labute approximate surface area is 475 Å². The molecule has 0 aliphatic rings. The minimum absolute atomic E-state index is 0.00235. The molecule has 0 radical (unpaired) electrons. The Morgan fingerprint density at radius 2 is 0.835 bits per heavy atom. The molecule has 0 fully saturated rings. The van der Waals surface area contributed by atoms with Crippen molar-refractivity contribution in [1.29, 1.82) is 0 Å². The highest BCUT2D eigenvalue weighted by Crippen LogP contribution is 2.45. The van der Waals surface area contributed by atoms with Crippen LogP contribution < -0.4 is 0 Å². The molecule has 0 aromatic carbocycles. The summed E-state index contributed by atoms with van der Waals surface area (Å²) in [7, 11) is -1.98. The van der Waals surface area contributed by atoms with Crippen molar-refractivity contribution in [1.82, 2.24) is 0 Å². The van der Waals surface area contributed by atoms with Gasteiger partial charge in [-0.15, -0.1) is 0 Å². The van der Waals surface area contributed by atoms with Gasteiger partial charge in [0.15, 0.2) is 8.32 Å². The molecule has 13 nitrogen and oxygen atoms in total. The predicted octanol–water partition coefficient (Wildman–Crippen LogP) is 13.7. The van der Waals surface area contributed by atoms with Gasteiger partial charge in [-0.25, -0.2) is 17.6 Å². The topological polar surface area (TPSA) is 167 Å². The maximum absolute atomic E-state index is 14.7. The van der Waals surface area contributed by atoms with Crippen molar-refractivity contribution in [2.45, 2.75) is 200 Å². The van der Waals surface area contributed by atoms with Crippen molar-refractivity contribution >= 4 is 75.7 Å². The van der Waals surface area contributed by atoms with Crippen LogP contribution >= 0.6 is 23.5 Å².